The van der Waals surface area contributed by atoms with Crippen LogP contribution in [0.4, 0.5) is 23.1 Å². The van der Waals surface area contributed by atoms with E-state index in [1.54, 1.807) is 31.6 Å². The highest BCUT2D eigenvalue weighted by Crippen LogP contribution is 2.32. The summed E-state index contributed by atoms with van der Waals surface area (Å²) in [7, 11) is 3.08. The number of methoxy groups -OCH3 is 1. The van der Waals surface area contributed by atoms with Gasteiger partial charge in [-0.05, 0) is 17.7 Å². The Morgan fingerprint density at radius 3 is 2.69 bits per heavy atom. The van der Waals surface area contributed by atoms with Gasteiger partial charge in [0.05, 0.1) is 13.3 Å². The lowest BCUT2D eigenvalue weighted by Crippen LogP contribution is -2.24. The van der Waals surface area contributed by atoms with Gasteiger partial charge in [-0.25, -0.2) is 9.78 Å². The molecule has 0 unspecified atom stereocenters. The second-order valence-corrected chi connectivity index (χ2v) is 7.07. The molecule has 0 saturated carbocycles. The number of aromatic carboxylic acids is 1. The third-order valence-electron chi connectivity index (χ3n) is 4.99. The van der Waals surface area contributed by atoms with Gasteiger partial charge in [-0.3, -0.25) is 4.79 Å². The van der Waals surface area contributed by atoms with E-state index in [2.05, 4.69) is 15.3 Å². The second kappa shape index (κ2) is 8.76. The Morgan fingerprint density at radius 2 is 1.97 bits per heavy atom. The molecule has 1 aliphatic rings. The molecule has 9 heteroatoms. The third kappa shape index (κ3) is 4.22. The first-order valence-electron chi connectivity index (χ1n) is 9.78. The van der Waals surface area contributed by atoms with Gasteiger partial charge in [0.1, 0.15) is 17.0 Å². The summed E-state index contributed by atoms with van der Waals surface area (Å²) < 4.78 is 5.18. The van der Waals surface area contributed by atoms with Gasteiger partial charge in [-0.15, -0.1) is 0 Å². The molecule has 9 nitrogen and oxygen atoms in total. The Morgan fingerprint density at radius 1 is 1.19 bits per heavy atom. The molecule has 2 aromatic carbocycles. The standard InChI is InChI=1S/C23H21N5O4/c1-27-18-13-24-23(25-16-8-9-17(22(30)31)19(12-16)32-2)26-21(18)28(11-10-20(27)29)14-15-6-4-3-5-7-15/h3-13H,14H2,1-2H3,(H,30,31)(H,24,25,26). The maximum Gasteiger partial charge on any atom is 0.339 e. The van der Waals surface area contributed by atoms with Crippen molar-refractivity contribution in [1.82, 2.24) is 9.97 Å². The first-order chi connectivity index (χ1) is 15.5. The van der Waals surface area contributed by atoms with E-state index >= 15 is 0 Å². The quantitative estimate of drug-likeness (QED) is 0.611. The minimum Gasteiger partial charge on any atom is -0.496 e. The smallest absolute Gasteiger partial charge is 0.339 e. The van der Waals surface area contributed by atoms with Gasteiger partial charge in [0, 0.05) is 37.6 Å². The molecule has 1 amide bonds. The molecule has 32 heavy (non-hydrogen) atoms. The summed E-state index contributed by atoms with van der Waals surface area (Å²) in [5.41, 5.74) is 2.25. The van der Waals surface area contributed by atoms with E-state index < -0.39 is 5.97 Å². The van der Waals surface area contributed by atoms with E-state index in [4.69, 9.17) is 4.74 Å². The van der Waals surface area contributed by atoms with Crippen LogP contribution in [-0.2, 0) is 11.3 Å². The molecule has 162 valence electrons. The van der Waals surface area contributed by atoms with Crippen molar-refractivity contribution >= 4 is 35.0 Å². The van der Waals surface area contributed by atoms with Gasteiger partial charge >= 0.3 is 5.97 Å². The topological polar surface area (TPSA) is 108 Å². The van der Waals surface area contributed by atoms with Crippen LogP contribution in [-0.4, -0.2) is 41.1 Å². The number of carboxylic acid groups (broad SMARTS) is 1. The van der Waals surface area contributed by atoms with Gasteiger partial charge in [0.2, 0.25) is 5.95 Å². The van der Waals surface area contributed by atoms with Gasteiger partial charge in [-0.2, -0.15) is 4.98 Å². The van der Waals surface area contributed by atoms with Crippen molar-refractivity contribution in [2.75, 3.05) is 29.3 Å². The second-order valence-electron chi connectivity index (χ2n) is 7.07. The lowest BCUT2D eigenvalue weighted by Gasteiger charge is -2.23. The first-order valence-corrected chi connectivity index (χ1v) is 9.78. The molecule has 1 aromatic heterocycles. The molecule has 4 rings (SSSR count). The van der Waals surface area contributed by atoms with Crippen LogP contribution in [0.2, 0.25) is 0 Å². The van der Waals surface area contributed by atoms with E-state index in [1.165, 1.54) is 24.2 Å². The molecule has 0 bridgehead atoms. The summed E-state index contributed by atoms with van der Waals surface area (Å²) in [5, 5.41) is 12.3. The number of nitrogens with one attached hydrogen (secondary N) is 1. The molecule has 0 radical (unpaired) electrons. The molecule has 0 spiro atoms. The molecular weight excluding hydrogens is 410 g/mol. The van der Waals surface area contributed by atoms with Crippen LogP contribution in [0.15, 0.2) is 67.0 Å². The fraction of sp³-hybridized carbons (Fsp3) is 0.130. The predicted octanol–water partition coefficient (Wildman–Crippen LogP) is 3.42. The Balaban J connectivity index is 1.69. The Kier molecular flexibility index (Phi) is 5.71. The SMILES string of the molecule is COc1cc(Nc2ncc3c(n2)N(Cc2ccccc2)C=CC(=O)N3C)ccc1C(=O)O. The van der Waals surface area contributed by atoms with Crippen LogP contribution in [0, 0.1) is 0 Å². The van der Waals surface area contributed by atoms with Crippen molar-refractivity contribution in [3.8, 4) is 5.75 Å². The number of rotatable bonds is 6. The van der Waals surface area contributed by atoms with Crippen LogP contribution in [0.1, 0.15) is 15.9 Å². The third-order valence-corrected chi connectivity index (χ3v) is 4.99. The zero-order valence-corrected chi connectivity index (χ0v) is 17.5. The summed E-state index contributed by atoms with van der Waals surface area (Å²) in [6.07, 6.45) is 4.78. The zero-order valence-electron chi connectivity index (χ0n) is 17.5. The number of anilines is 4. The fourth-order valence-electron chi connectivity index (χ4n) is 3.31. The number of fused-ring (bicyclic) bond motifs is 1. The van der Waals surface area contributed by atoms with Gasteiger partial charge in [0.25, 0.3) is 5.91 Å². The Hall–Kier alpha value is -4.40. The van der Waals surface area contributed by atoms with Crippen molar-refractivity contribution in [3.05, 3.63) is 78.1 Å². The highest BCUT2D eigenvalue weighted by atomic mass is 16.5. The highest BCUT2D eigenvalue weighted by molar-refractivity contribution is 6.04. The molecule has 0 fully saturated rings. The maximum absolute atomic E-state index is 12.4. The molecule has 3 aromatic rings. The van der Waals surface area contributed by atoms with Crippen LogP contribution in [0.5, 0.6) is 5.75 Å². The largest absolute Gasteiger partial charge is 0.496 e. The molecule has 2 N–H and O–H groups in total. The van der Waals surface area contributed by atoms with E-state index in [-0.39, 0.29) is 17.2 Å². The number of hydrogen-bond acceptors (Lipinski definition) is 7. The molecule has 0 saturated heterocycles. The van der Waals surface area contributed by atoms with E-state index in [0.29, 0.717) is 29.7 Å². The Labute approximate surface area is 184 Å². The number of aromatic nitrogens is 2. The minimum absolute atomic E-state index is 0.0557. The molecular formula is C23H21N5O4. The molecule has 0 aliphatic carbocycles. The van der Waals surface area contributed by atoms with Crippen LogP contribution in [0.25, 0.3) is 0 Å². The average Bonchev–Trinajstić information content (AvgIpc) is 2.91. The van der Waals surface area contributed by atoms with Crippen LogP contribution >= 0.6 is 0 Å². The number of nitrogens with zero attached hydrogens (tertiary/aromatic N) is 4. The van der Waals surface area contributed by atoms with Crippen molar-refractivity contribution in [1.29, 1.82) is 0 Å². The number of carbonyl (C=O) groups is 2. The lowest BCUT2D eigenvalue weighted by molar-refractivity contribution is -0.113. The van der Waals surface area contributed by atoms with E-state index in [0.717, 1.165) is 5.56 Å². The summed E-state index contributed by atoms with van der Waals surface area (Å²) in [4.78, 5) is 36.1. The number of carbonyl (C=O) groups excluding carboxylic acids is 1. The molecule has 0 atom stereocenters. The minimum atomic E-state index is -1.08. The van der Waals surface area contributed by atoms with Crippen LogP contribution < -0.4 is 19.9 Å². The van der Waals surface area contributed by atoms with E-state index in [1.807, 2.05) is 35.2 Å². The number of benzene rings is 2. The van der Waals surface area contributed by atoms with Crippen LogP contribution in [0.3, 0.4) is 0 Å². The predicted molar refractivity (Wildman–Crippen MR) is 120 cm³/mol. The zero-order chi connectivity index (χ0) is 22.7. The molecule has 1 aliphatic heterocycles. The number of ether oxygens (including phenoxy) is 1. The van der Waals surface area contributed by atoms with Crippen molar-refractivity contribution in [2.45, 2.75) is 6.54 Å². The normalized spacial score (nSPS) is 12.9. The first kappa shape index (κ1) is 20.9. The highest BCUT2D eigenvalue weighted by Gasteiger charge is 2.23. The molecule has 2 heterocycles. The van der Waals surface area contributed by atoms with Crippen molar-refractivity contribution in [3.63, 3.8) is 0 Å². The fourth-order valence-corrected chi connectivity index (χ4v) is 3.31. The maximum atomic E-state index is 12.4. The summed E-state index contributed by atoms with van der Waals surface area (Å²) in [6.45, 7) is 0.517. The average molecular weight is 431 g/mol. The number of carboxylic acids is 1. The summed E-state index contributed by atoms with van der Waals surface area (Å²) in [5.74, 6) is -0.185. The Bertz CT molecular complexity index is 1200. The number of hydrogen-bond donors (Lipinski definition) is 2. The monoisotopic (exact) mass is 431 g/mol. The lowest BCUT2D eigenvalue weighted by atomic mass is 10.2. The number of amides is 1. The van der Waals surface area contributed by atoms with Crippen molar-refractivity contribution in [2.24, 2.45) is 0 Å². The van der Waals surface area contributed by atoms with Gasteiger partial charge < -0.3 is 25.0 Å². The van der Waals surface area contributed by atoms with Gasteiger partial charge in [-0.1, -0.05) is 30.3 Å². The summed E-state index contributed by atoms with van der Waals surface area (Å²) in [6, 6.07) is 14.5. The van der Waals surface area contributed by atoms with Gasteiger partial charge in [0.15, 0.2) is 5.82 Å². The summed E-state index contributed by atoms with van der Waals surface area (Å²) >= 11 is 0. The van der Waals surface area contributed by atoms with Crippen molar-refractivity contribution < 1.29 is 19.4 Å². The van der Waals surface area contributed by atoms with E-state index in [9.17, 15) is 14.7 Å². The number of likely N-dealkylation sites (N-methyl/N-ethyl adjacent to an activating group) is 1.